The molecule has 2 aromatic heterocycles. The average Bonchev–Trinajstić information content (AvgIpc) is 2.92. The van der Waals surface area contributed by atoms with Crippen LogP contribution in [-0.4, -0.2) is 0 Å². The fourth-order valence-electron chi connectivity index (χ4n) is 0.393. The molecular weight excluding hydrogens is 331 g/mol. The van der Waals surface area contributed by atoms with Crippen LogP contribution in [0.1, 0.15) is 0 Å². The third-order valence-electron chi connectivity index (χ3n) is 0.758. The van der Waals surface area contributed by atoms with Crippen molar-refractivity contribution >= 4 is 0 Å². The molecule has 12 nitrogen and oxygen atoms in total. The van der Waals surface area contributed by atoms with Crippen LogP contribution in [-0.2, 0) is 0 Å². The summed E-state index contributed by atoms with van der Waals surface area (Å²) in [5.41, 5.74) is 0. The topological polar surface area (TPSA) is 239 Å². The summed E-state index contributed by atoms with van der Waals surface area (Å²) in [6, 6.07) is 3.56. The Morgan fingerprint density at radius 2 is 0.850 bits per heavy atom. The lowest BCUT2D eigenvalue weighted by atomic mass is 10.8. The Morgan fingerprint density at radius 1 is 0.600 bits per heavy atom. The van der Waals surface area contributed by atoms with E-state index < -0.39 is 20.5 Å². The number of aromatic amines is 2. The molecule has 0 atom stereocenters. The zero-order valence-electron chi connectivity index (χ0n) is 9.30. The number of hydrogen-bond acceptors (Lipinski definition) is 10. The van der Waals surface area contributed by atoms with Gasteiger partial charge in [-0.3, -0.25) is 0 Å². The zero-order valence-corrected chi connectivity index (χ0v) is 10.8. The van der Waals surface area contributed by atoms with E-state index in [-0.39, 0.29) is 0 Å². The molecule has 2 N–H and O–H groups in total. The van der Waals surface area contributed by atoms with Crippen molar-refractivity contribution in [1.82, 2.24) is 0 Å². The quantitative estimate of drug-likeness (QED) is 0.438. The Morgan fingerprint density at radius 3 is 0.900 bits per heavy atom. The lowest BCUT2D eigenvalue weighted by molar-refractivity contribution is -2.00. The van der Waals surface area contributed by atoms with E-state index in [9.17, 15) is 0 Å². The molecule has 0 saturated heterocycles. The Labute approximate surface area is 115 Å². The second-order valence-corrected chi connectivity index (χ2v) is 3.73. The van der Waals surface area contributed by atoms with Crippen molar-refractivity contribution in [2.75, 3.05) is 0 Å². The van der Waals surface area contributed by atoms with Gasteiger partial charge in [-0.25, -0.2) is 46.3 Å². The molecule has 0 fully saturated rings. The van der Waals surface area contributed by atoms with Crippen LogP contribution in [0.3, 0.4) is 0 Å². The van der Waals surface area contributed by atoms with Crippen molar-refractivity contribution in [3.8, 4) is 0 Å². The summed E-state index contributed by atoms with van der Waals surface area (Å²) in [6.07, 6.45) is 6.56. The largest absolute Gasteiger partial charge is 0.247 e. The van der Waals surface area contributed by atoms with E-state index >= 15 is 0 Å². The summed E-state index contributed by atoms with van der Waals surface area (Å²) in [5, 5.41) is 4.97. The van der Waals surface area contributed by atoms with Gasteiger partial charge in [-0.1, -0.05) is 0 Å². The first-order valence-electron chi connectivity index (χ1n) is 4.02. The van der Waals surface area contributed by atoms with Gasteiger partial charge in [0.15, 0.2) is 12.5 Å². The predicted octanol–water partition coefficient (Wildman–Crippen LogP) is -9.32. The van der Waals surface area contributed by atoms with Crippen molar-refractivity contribution in [1.29, 1.82) is 0 Å². The number of H-pyrrole nitrogens is 2. The number of halogens is 2. The first-order chi connectivity index (χ1) is 9.00. The Kier molecular flexibility index (Phi) is 12.1. The normalized spacial score (nSPS) is 10.0. The highest BCUT2D eigenvalue weighted by molar-refractivity contribution is 4.62. The van der Waals surface area contributed by atoms with Crippen molar-refractivity contribution in [3.05, 3.63) is 37.1 Å². The highest BCUT2D eigenvalue weighted by atomic mass is 35.7. The monoisotopic (exact) mass is 338 g/mol. The molecule has 0 saturated carbocycles. The summed E-state index contributed by atoms with van der Waals surface area (Å²) in [4.78, 5) is 0. The highest BCUT2D eigenvalue weighted by Gasteiger charge is 1.84. The molecule has 0 amide bonds. The van der Waals surface area contributed by atoms with E-state index in [4.69, 9.17) is 37.3 Å². The molecule has 14 heteroatoms. The van der Waals surface area contributed by atoms with E-state index in [1.807, 2.05) is 0 Å². The number of rotatable bonds is 0. The molecule has 0 bridgehead atoms. The Balaban J connectivity index is 0. The van der Waals surface area contributed by atoms with Crippen LogP contribution in [0.5, 0.6) is 0 Å². The molecule has 0 spiro atoms. The van der Waals surface area contributed by atoms with Crippen LogP contribution in [0.2, 0.25) is 0 Å². The van der Waals surface area contributed by atoms with Crippen LogP contribution in [0.25, 0.3) is 0 Å². The average molecular weight is 339 g/mol. The van der Waals surface area contributed by atoms with Gasteiger partial charge in [-0.2, -0.15) is 0 Å². The zero-order chi connectivity index (χ0) is 16.1. The van der Waals surface area contributed by atoms with Crippen LogP contribution in [0.15, 0.2) is 46.1 Å². The second-order valence-electron chi connectivity index (χ2n) is 2.22. The SMILES string of the molecule is [O-][Cl+3]([O-])([O-])[O-].[O-][Cl+3]([O-])([O-])[O-].c1c[nH+]oc1.c1c[nH+]oc1. The molecule has 2 heterocycles. The molecule has 20 heavy (non-hydrogen) atoms. The minimum Gasteiger partial charge on any atom is -0.247 e. The molecule has 0 aromatic carbocycles. The van der Waals surface area contributed by atoms with Crippen LogP contribution < -0.4 is 47.6 Å². The fraction of sp³-hybridized carbons (Fsp3) is 0. The standard InChI is InChI=1S/2C3H3NO.2ClHO4/c2*1-2-4-5-3-1;2*2-1(3,4)5/h2*1-3H;2*(H,2,3,4,5). The molecule has 0 unspecified atom stereocenters. The van der Waals surface area contributed by atoms with Gasteiger partial charge in [0.1, 0.15) is 0 Å². The van der Waals surface area contributed by atoms with Crippen molar-refractivity contribution in [2.24, 2.45) is 0 Å². The fourth-order valence-corrected chi connectivity index (χ4v) is 0.393. The molecule has 0 aliphatic heterocycles. The highest BCUT2D eigenvalue weighted by Crippen LogP contribution is 1.65. The molecule has 0 radical (unpaired) electrons. The molecule has 0 aliphatic rings. The summed E-state index contributed by atoms with van der Waals surface area (Å²) >= 11 is 0. The third kappa shape index (κ3) is 54.4. The molecule has 2 aromatic rings. The van der Waals surface area contributed by atoms with Crippen molar-refractivity contribution in [2.45, 2.75) is 0 Å². The van der Waals surface area contributed by atoms with E-state index in [0.29, 0.717) is 0 Å². The van der Waals surface area contributed by atoms with Gasteiger partial charge in [0.05, 0.1) is 0 Å². The van der Waals surface area contributed by atoms with Gasteiger partial charge in [-0.05, 0) is 10.3 Å². The van der Waals surface area contributed by atoms with Crippen LogP contribution >= 0.6 is 0 Å². The van der Waals surface area contributed by atoms with Gasteiger partial charge in [0.25, 0.3) is 0 Å². The number of aromatic nitrogens is 2. The number of nitrogens with one attached hydrogen (secondary N) is 2. The van der Waals surface area contributed by atoms with Crippen molar-refractivity contribution in [3.63, 3.8) is 0 Å². The minimum atomic E-state index is -4.94. The minimum absolute atomic E-state index is 1.57. The Hall–Kier alpha value is -1.32. The number of hydrogen-bond donors (Lipinski definition) is 0. The molecule has 116 valence electrons. The van der Waals surface area contributed by atoms with Crippen LogP contribution in [0, 0.1) is 20.5 Å². The van der Waals surface area contributed by atoms with Gasteiger partial charge < -0.3 is 0 Å². The van der Waals surface area contributed by atoms with Gasteiger partial charge >= 0.3 is 0 Å². The van der Waals surface area contributed by atoms with E-state index in [1.54, 1.807) is 37.1 Å². The summed E-state index contributed by atoms with van der Waals surface area (Å²) in [7, 11) is -9.89. The molecule has 0 aliphatic carbocycles. The maximum Gasteiger partial charge on any atom is 0.217 e. The lowest BCUT2D eigenvalue weighted by Gasteiger charge is -2.17. The molecular formula is C6H8Cl2N2O10. The summed E-state index contributed by atoms with van der Waals surface area (Å²) < 4.78 is 76.9. The molecule has 2 rings (SSSR count). The summed E-state index contributed by atoms with van der Waals surface area (Å²) in [5.74, 6) is 0. The van der Waals surface area contributed by atoms with Gasteiger partial charge in [0, 0.05) is 12.1 Å². The van der Waals surface area contributed by atoms with Crippen molar-refractivity contribution < 1.29 is 77.1 Å². The summed E-state index contributed by atoms with van der Waals surface area (Å²) in [6.45, 7) is 0. The van der Waals surface area contributed by atoms with Gasteiger partial charge in [-0.15, -0.1) is 20.5 Å². The van der Waals surface area contributed by atoms with Gasteiger partial charge in [0.2, 0.25) is 12.4 Å². The maximum absolute atomic E-state index is 8.49. The Bertz CT molecular complexity index is 285. The second kappa shape index (κ2) is 11.5. The van der Waals surface area contributed by atoms with Crippen LogP contribution in [0.4, 0.5) is 0 Å². The first kappa shape index (κ1) is 21.0. The van der Waals surface area contributed by atoms with E-state index in [2.05, 4.69) is 19.4 Å². The maximum atomic E-state index is 8.49. The third-order valence-corrected chi connectivity index (χ3v) is 0.758. The van der Waals surface area contributed by atoms with E-state index in [0.717, 1.165) is 0 Å². The smallest absolute Gasteiger partial charge is 0.217 e. The lowest BCUT2D eigenvalue weighted by Crippen LogP contribution is -2.68. The predicted molar refractivity (Wildman–Crippen MR) is 30.5 cm³/mol. The van der Waals surface area contributed by atoms with E-state index in [1.165, 1.54) is 0 Å². The first-order valence-corrected chi connectivity index (χ1v) is 6.49.